The van der Waals surface area contributed by atoms with Crippen LogP contribution in [0.25, 0.3) is 10.9 Å². The lowest BCUT2D eigenvalue weighted by Crippen LogP contribution is -2.52. The number of nitrogens with zero attached hydrogens (tertiary/aromatic N) is 2. The van der Waals surface area contributed by atoms with E-state index in [4.69, 9.17) is 0 Å². The van der Waals surface area contributed by atoms with Crippen molar-refractivity contribution in [3.8, 4) is 0 Å². The van der Waals surface area contributed by atoms with E-state index in [1.54, 1.807) is 0 Å². The van der Waals surface area contributed by atoms with E-state index in [0.29, 0.717) is 12.5 Å². The number of para-hydroxylation sites is 1. The molecule has 4 nitrogen and oxygen atoms in total. The average Bonchev–Trinajstić information content (AvgIpc) is 2.89. The summed E-state index contributed by atoms with van der Waals surface area (Å²) in [5, 5.41) is 4.99. The number of hydrogen-bond acceptors (Lipinski definition) is 3. The maximum absolute atomic E-state index is 13.3. The van der Waals surface area contributed by atoms with Gasteiger partial charge in [0.25, 0.3) is 0 Å². The van der Waals surface area contributed by atoms with Gasteiger partial charge in [0.2, 0.25) is 5.91 Å². The number of hydrogen-bond donors (Lipinski definition) is 1. The van der Waals surface area contributed by atoms with Crippen molar-refractivity contribution in [3.05, 3.63) is 114 Å². The monoisotopic (exact) mass is 449 g/mol. The number of aromatic nitrogens is 1. The van der Waals surface area contributed by atoms with E-state index in [1.807, 2.05) is 48.7 Å². The van der Waals surface area contributed by atoms with Crippen LogP contribution in [0.3, 0.4) is 0 Å². The van der Waals surface area contributed by atoms with Crippen LogP contribution in [0.1, 0.15) is 29.5 Å². The Bertz CT molecular complexity index is 1220. The van der Waals surface area contributed by atoms with E-state index < -0.39 is 0 Å². The van der Waals surface area contributed by atoms with Crippen LogP contribution in [0.5, 0.6) is 0 Å². The number of carbonyl (C=O) groups is 1. The van der Waals surface area contributed by atoms with Gasteiger partial charge in [-0.3, -0.25) is 9.78 Å². The van der Waals surface area contributed by atoms with Gasteiger partial charge < -0.3 is 10.2 Å². The third-order valence-electron chi connectivity index (χ3n) is 6.87. The molecule has 1 amide bonds. The summed E-state index contributed by atoms with van der Waals surface area (Å²) < 4.78 is 0. The predicted molar refractivity (Wildman–Crippen MR) is 137 cm³/mol. The molecule has 2 heterocycles. The van der Waals surface area contributed by atoms with Crippen LogP contribution >= 0.6 is 0 Å². The molecule has 1 aliphatic rings. The Morgan fingerprint density at radius 3 is 2.38 bits per heavy atom. The first-order valence-corrected chi connectivity index (χ1v) is 12.2. The third-order valence-corrected chi connectivity index (χ3v) is 6.87. The fourth-order valence-electron chi connectivity index (χ4n) is 5.08. The summed E-state index contributed by atoms with van der Waals surface area (Å²) in [5.74, 6) is 0.228. The number of amides is 1. The quantitative estimate of drug-likeness (QED) is 0.423. The molecule has 1 N–H and O–H groups in total. The summed E-state index contributed by atoms with van der Waals surface area (Å²) in [6.07, 6.45) is 5.17. The molecule has 4 aromatic rings. The van der Waals surface area contributed by atoms with Crippen molar-refractivity contribution >= 4 is 16.8 Å². The number of carbonyl (C=O) groups excluding carboxylic acids is 1. The molecule has 2 atom stereocenters. The Labute approximate surface area is 201 Å². The minimum atomic E-state index is 0.194. The Morgan fingerprint density at radius 2 is 1.59 bits per heavy atom. The van der Waals surface area contributed by atoms with Crippen molar-refractivity contribution in [1.82, 2.24) is 15.2 Å². The second-order valence-electron chi connectivity index (χ2n) is 9.18. The molecule has 1 aromatic heterocycles. The van der Waals surface area contributed by atoms with Gasteiger partial charge >= 0.3 is 0 Å². The van der Waals surface area contributed by atoms with E-state index >= 15 is 0 Å². The minimum Gasteiger partial charge on any atom is -0.339 e. The summed E-state index contributed by atoms with van der Waals surface area (Å²) in [4.78, 5) is 19.9. The first-order chi connectivity index (χ1) is 16.8. The number of pyridine rings is 1. The zero-order chi connectivity index (χ0) is 23.2. The van der Waals surface area contributed by atoms with E-state index in [9.17, 15) is 4.79 Å². The number of benzene rings is 3. The number of likely N-dealkylation sites (tertiary alicyclic amines) is 1. The van der Waals surface area contributed by atoms with Gasteiger partial charge in [-0.2, -0.15) is 0 Å². The Morgan fingerprint density at radius 1 is 0.882 bits per heavy atom. The fraction of sp³-hybridized carbons (Fsp3) is 0.267. The predicted octanol–water partition coefficient (Wildman–Crippen LogP) is 5.17. The molecule has 1 fully saturated rings. The van der Waals surface area contributed by atoms with Crippen molar-refractivity contribution in [1.29, 1.82) is 0 Å². The second kappa shape index (κ2) is 10.6. The summed E-state index contributed by atoms with van der Waals surface area (Å²) in [7, 11) is 0. The smallest absolute Gasteiger partial charge is 0.227 e. The summed E-state index contributed by atoms with van der Waals surface area (Å²) >= 11 is 0. The molecular weight excluding hydrogens is 418 g/mol. The molecule has 0 spiro atoms. The molecule has 5 rings (SSSR count). The highest BCUT2D eigenvalue weighted by atomic mass is 16.2. The summed E-state index contributed by atoms with van der Waals surface area (Å²) in [6, 6.07) is 31.6. The van der Waals surface area contributed by atoms with Gasteiger partial charge in [0.1, 0.15) is 0 Å². The number of nitrogens with one attached hydrogen (secondary N) is 1. The first-order valence-electron chi connectivity index (χ1n) is 12.2. The molecular formula is C30H31N3O. The van der Waals surface area contributed by atoms with E-state index in [-0.39, 0.29) is 11.9 Å². The molecule has 0 saturated carbocycles. The largest absolute Gasteiger partial charge is 0.339 e. The second-order valence-corrected chi connectivity index (χ2v) is 9.18. The summed E-state index contributed by atoms with van der Waals surface area (Å²) in [5.41, 5.74) is 4.67. The van der Waals surface area contributed by atoms with Crippen molar-refractivity contribution in [3.63, 3.8) is 0 Å². The number of rotatable bonds is 7. The molecule has 0 unspecified atom stereocenters. The molecule has 0 bridgehead atoms. The van der Waals surface area contributed by atoms with Crippen LogP contribution in [0.4, 0.5) is 0 Å². The van der Waals surface area contributed by atoms with Crippen LogP contribution in [-0.4, -0.2) is 34.4 Å². The van der Waals surface area contributed by atoms with Crippen molar-refractivity contribution in [2.45, 2.75) is 44.3 Å². The van der Waals surface area contributed by atoms with Crippen LogP contribution in [0.2, 0.25) is 0 Å². The number of fused-ring (bicyclic) bond motifs is 1. The van der Waals surface area contributed by atoms with E-state index in [1.165, 1.54) is 16.5 Å². The lowest BCUT2D eigenvalue weighted by atomic mass is 9.91. The lowest BCUT2D eigenvalue weighted by Gasteiger charge is -2.40. The van der Waals surface area contributed by atoms with Gasteiger partial charge in [-0.15, -0.1) is 0 Å². The van der Waals surface area contributed by atoms with Crippen LogP contribution < -0.4 is 5.32 Å². The molecule has 0 aliphatic carbocycles. The van der Waals surface area contributed by atoms with E-state index in [0.717, 1.165) is 43.4 Å². The fourth-order valence-corrected chi connectivity index (χ4v) is 5.08. The van der Waals surface area contributed by atoms with Gasteiger partial charge in [0, 0.05) is 36.8 Å². The molecule has 1 saturated heterocycles. The van der Waals surface area contributed by atoms with Gasteiger partial charge in [-0.25, -0.2) is 0 Å². The normalized spacial score (nSPS) is 18.2. The third kappa shape index (κ3) is 5.35. The van der Waals surface area contributed by atoms with Crippen LogP contribution in [-0.2, 0) is 24.2 Å². The molecule has 172 valence electrons. The number of piperidine rings is 1. The zero-order valence-corrected chi connectivity index (χ0v) is 19.4. The molecule has 34 heavy (non-hydrogen) atoms. The highest BCUT2D eigenvalue weighted by Crippen LogP contribution is 2.24. The SMILES string of the molecule is O=C(Cc1ccccc1)N1CC[C@H](NCc2ccnc3ccccc23)C[C@H]1Cc1ccccc1. The van der Waals surface area contributed by atoms with Crippen molar-refractivity contribution < 1.29 is 4.79 Å². The van der Waals surface area contributed by atoms with Gasteiger partial charge in [0.05, 0.1) is 11.9 Å². The standard InChI is InChI=1S/C30H31N3O/c34-30(20-24-11-5-2-6-12-24)33-18-16-26(21-27(33)19-23-9-3-1-4-10-23)32-22-25-15-17-31-29-14-8-7-13-28(25)29/h1-15,17,26-27,32H,16,18-22H2/t26-,27+/m0/s1. The lowest BCUT2D eigenvalue weighted by molar-refractivity contribution is -0.134. The van der Waals surface area contributed by atoms with Gasteiger partial charge in [-0.1, -0.05) is 78.9 Å². The summed E-state index contributed by atoms with van der Waals surface area (Å²) in [6.45, 7) is 1.60. The Hall–Kier alpha value is -3.50. The molecule has 3 aromatic carbocycles. The minimum absolute atomic E-state index is 0.194. The molecule has 0 radical (unpaired) electrons. The first kappa shape index (κ1) is 22.3. The maximum atomic E-state index is 13.3. The molecule has 4 heteroatoms. The van der Waals surface area contributed by atoms with E-state index in [2.05, 4.69) is 63.7 Å². The van der Waals surface area contributed by atoms with Crippen molar-refractivity contribution in [2.75, 3.05) is 6.54 Å². The van der Waals surface area contributed by atoms with Crippen LogP contribution in [0, 0.1) is 0 Å². The van der Waals surface area contributed by atoms with Crippen LogP contribution in [0.15, 0.2) is 97.2 Å². The Balaban J connectivity index is 1.29. The van der Waals surface area contributed by atoms with Gasteiger partial charge in [-0.05, 0) is 48.1 Å². The topological polar surface area (TPSA) is 45.2 Å². The van der Waals surface area contributed by atoms with Gasteiger partial charge in [0.15, 0.2) is 0 Å². The Kier molecular flexibility index (Phi) is 6.97. The molecule has 1 aliphatic heterocycles. The maximum Gasteiger partial charge on any atom is 0.227 e. The highest BCUT2D eigenvalue weighted by molar-refractivity contribution is 5.81. The zero-order valence-electron chi connectivity index (χ0n) is 19.4. The highest BCUT2D eigenvalue weighted by Gasteiger charge is 2.31. The van der Waals surface area contributed by atoms with Crippen molar-refractivity contribution in [2.24, 2.45) is 0 Å². The average molecular weight is 450 g/mol.